The van der Waals surface area contributed by atoms with E-state index in [1.54, 1.807) is 4.68 Å². The van der Waals surface area contributed by atoms with E-state index >= 15 is 0 Å². The maximum absolute atomic E-state index is 6.13. The molecule has 124 valence electrons. The van der Waals surface area contributed by atoms with Crippen molar-refractivity contribution >= 4 is 55.1 Å². The molecule has 2 aromatic heterocycles. The van der Waals surface area contributed by atoms with Crippen LogP contribution in [0.25, 0.3) is 49.3 Å². The smallest absolute Gasteiger partial charge is 0.206 e. The fraction of sp³-hybridized carbons (Fsp3) is 0.0500. The highest BCUT2D eigenvalue weighted by atomic mass is 15.4. The van der Waals surface area contributed by atoms with Gasteiger partial charge in [-0.15, -0.1) is 15.3 Å². The maximum atomic E-state index is 6.13. The Kier molecular flexibility index (Phi) is 2.46. The zero-order valence-corrected chi connectivity index (χ0v) is 13.8. The number of hydrogen-bond acceptors (Lipinski definition) is 5. The number of rotatable bonds is 0. The number of fused-ring (bicyclic) bond motifs is 10. The number of aromatic nitrogens is 4. The van der Waals surface area contributed by atoms with Crippen LogP contribution in [0.2, 0.25) is 0 Å². The van der Waals surface area contributed by atoms with Crippen LogP contribution in [0.5, 0.6) is 0 Å². The molecule has 1 aliphatic rings. The van der Waals surface area contributed by atoms with Gasteiger partial charge in [0.05, 0.1) is 5.39 Å². The Balaban J connectivity index is 1.97. The highest BCUT2D eigenvalue weighted by Crippen LogP contribution is 2.39. The molecule has 0 fully saturated rings. The highest BCUT2D eigenvalue weighted by Gasteiger charge is 2.22. The van der Waals surface area contributed by atoms with Crippen molar-refractivity contribution in [1.29, 1.82) is 0 Å². The number of nitrogens with two attached hydrogens (primary N) is 1. The van der Waals surface area contributed by atoms with Crippen molar-refractivity contribution in [2.45, 2.75) is 0 Å². The molecule has 0 amide bonds. The third-order valence-corrected chi connectivity index (χ3v) is 5.09. The van der Waals surface area contributed by atoms with E-state index < -0.39 is 0 Å². The lowest BCUT2D eigenvalue weighted by atomic mass is 9.96. The van der Waals surface area contributed by atoms with E-state index in [0.29, 0.717) is 18.0 Å². The highest BCUT2D eigenvalue weighted by molar-refractivity contribution is 6.31. The summed E-state index contributed by atoms with van der Waals surface area (Å²) in [5.41, 5.74) is 7.61. The fourth-order valence-corrected chi connectivity index (χ4v) is 3.97. The molecule has 0 atom stereocenters. The minimum atomic E-state index is 0.596. The standard InChI is InChI=1S/C20H14N6/c21-15-9-10-22-20-17-16-13-7-3-1-5-11(13)12-6-2-4-8-14(12)18(16)23-24-19(17)25-26(15)20/h1-9,22H,10,21H2. The van der Waals surface area contributed by atoms with Crippen molar-refractivity contribution in [3.63, 3.8) is 0 Å². The summed E-state index contributed by atoms with van der Waals surface area (Å²) in [7, 11) is 0. The first-order valence-electron chi connectivity index (χ1n) is 8.51. The largest absolute Gasteiger partial charge is 0.384 e. The van der Waals surface area contributed by atoms with Crippen LogP contribution in [-0.2, 0) is 0 Å². The molecule has 6 nitrogen and oxygen atoms in total. The molecule has 5 aromatic rings. The minimum Gasteiger partial charge on any atom is -0.384 e. The van der Waals surface area contributed by atoms with Gasteiger partial charge < -0.3 is 11.1 Å². The summed E-state index contributed by atoms with van der Waals surface area (Å²) in [6.07, 6.45) is 1.90. The second-order valence-electron chi connectivity index (χ2n) is 6.48. The molecule has 0 saturated carbocycles. The third kappa shape index (κ3) is 1.58. The third-order valence-electron chi connectivity index (χ3n) is 5.09. The zero-order chi connectivity index (χ0) is 17.3. The van der Waals surface area contributed by atoms with E-state index in [4.69, 9.17) is 5.73 Å². The van der Waals surface area contributed by atoms with Crippen LogP contribution in [0.15, 0.2) is 54.6 Å². The van der Waals surface area contributed by atoms with Crippen LogP contribution in [0.4, 0.5) is 5.82 Å². The van der Waals surface area contributed by atoms with Crippen molar-refractivity contribution in [1.82, 2.24) is 20.0 Å². The topological polar surface area (TPSA) is 81.7 Å². The Morgan fingerprint density at radius 2 is 1.54 bits per heavy atom. The van der Waals surface area contributed by atoms with Crippen molar-refractivity contribution in [2.75, 3.05) is 11.9 Å². The van der Waals surface area contributed by atoms with Gasteiger partial charge in [0.1, 0.15) is 17.2 Å². The van der Waals surface area contributed by atoms with E-state index in [2.05, 4.69) is 63.1 Å². The first kappa shape index (κ1) is 13.6. The van der Waals surface area contributed by atoms with Gasteiger partial charge in [0.2, 0.25) is 5.65 Å². The molecule has 0 spiro atoms. The molecule has 0 unspecified atom stereocenters. The van der Waals surface area contributed by atoms with Gasteiger partial charge in [-0.25, -0.2) is 0 Å². The van der Waals surface area contributed by atoms with Gasteiger partial charge in [-0.3, -0.25) is 0 Å². The van der Waals surface area contributed by atoms with Gasteiger partial charge in [-0.2, -0.15) is 4.68 Å². The van der Waals surface area contributed by atoms with Gasteiger partial charge in [0.15, 0.2) is 0 Å². The average molecular weight is 338 g/mol. The Morgan fingerprint density at radius 1 is 0.846 bits per heavy atom. The van der Waals surface area contributed by atoms with E-state index in [1.165, 1.54) is 10.8 Å². The van der Waals surface area contributed by atoms with E-state index in [0.717, 1.165) is 32.9 Å². The summed E-state index contributed by atoms with van der Waals surface area (Å²) >= 11 is 0. The molecule has 0 radical (unpaired) electrons. The van der Waals surface area contributed by atoms with Crippen molar-refractivity contribution in [3.8, 4) is 0 Å². The summed E-state index contributed by atoms with van der Waals surface area (Å²) in [4.78, 5) is 0. The number of anilines is 1. The summed E-state index contributed by atoms with van der Waals surface area (Å²) in [6, 6.07) is 16.7. The average Bonchev–Trinajstić information content (AvgIpc) is 3.08. The molecule has 6 rings (SSSR count). The first-order chi connectivity index (χ1) is 12.8. The minimum absolute atomic E-state index is 0.596. The first-order valence-corrected chi connectivity index (χ1v) is 8.51. The molecule has 26 heavy (non-hydrogen) atoms. The SMILES string of the molecule is NC1=CCNc2c3c(nnc4c5ccccc5c5ccccc5c43)nn21. The Morgan fingerprint density at radius 3 is 2.35 bits per heavy atom. The van der Waals surface area contributed by atoms with Crippen LogP contribution < -0.4 is 11.1 Å². The van der Waals surface area contributed by atoms with Crippen LogP contribution in [0.3, 0.4) is 0 Å². The second-order valence-corrected chi connectivity index (χ2v) is 6.48. The summed E-state index contributed by atoms with van der Waals surface area (Å²) in [6.45, 7) is 0.669. The quantitative estimate of drug-likeness (QED) is 0.423. The van der Waals surface area contributed by atoms with E-state index in [9.17, 15) is 0 Å². The van der Waals surface area contributed by atoms with Crippen molar-refractivity contribution < 1.29 is 0 Å². The zero-order valence-electron chi connectivity index (χ0n) is 13.8. The number of hydrogen-bond donors (Lipinski definition) is 2. The molecule has 1 aliphatic heterocycles. The van der Waals surface area contributed by atoms with Crippen molar-refractivity contribution in [3.05, 3.63) is 54.6 Å². The van der Waals surface area contributed by atoms with Crippen LogP contribution >= 0.6 is 0 Å². The molecular weight excluding hydrogens is 324 g/mol. The van der Waals surface area contributed by atoms with E-state index in [1.807, 2.05) is 12.1 Å². The molecule has 0 bridgehead atoms. The number of nitrogens with zero attached hydrogens (tertiary/aromatic N) is 4. The predicted molar refractivity (Wildman–Crippen MR) is 105 cm³/mol. The van der Waals surface area contributed by atoms with Crippen LogP contribution in [0, 0.1) is 0 Å². The lowest BCUT2D eigenvalue weighted by Gasteiger charge is -2.15. The maximum Gasteiger partial charge on any atom is 0.206 e. The van der Waals surface area contributed by atoms with Crippen molar-refractivity contribution in [2.24, 2.45) is 5.73 Å². The van der Waals surface area contributed by atoms with Gasteiger partial charge in [0.25, 0.3) is 0 Å². The molecule has 6 heteroatoms. The molecule has 0 aliphatic carbocycles. The molecule has 3 aromatic carbocycles. The Labute approximate surface area is 147 Å². The van der Waals surface area contributed by atoms with Gasteiger partial charge in [-0.05, 0) is 22.2 Å². The number of nitrogens with one attached hydrogen (secondary N) is 1. The monoisotopic (exact) mass is 338 g/mol. The lowest BCUT2D eigenvalue weighted by Crippen LogP contribution is -2.18. The lowest BCUT2D eigenvalue weighted by molar-refractivity contribution is 0.872. The van der Waals surface area contributed by atoms with Gasteiger partial charge in [0, 0.05) is 17.3 Å². The van der Waals surface area contributed by atoms with Gasteiger partial charge >= 0.3 is 0 Å². The predicted octanol–water partition coefficient (Wildman–Crippen LogP) is 3.47. The Bertz CT molecular complexity index is 1360. The Hall–Kier alpha value is -3.67. The molecule has 3 N–H and O–H groups in total. The fourth-order valence-electron chi connectivity index (χ4n) is 3.97. The molecular formula is C20H14N6. The number of benzene rings is 3. The van der Waals surface area contributed by atoms with Crippen LogP contribution in [0.1, 0.15) is 0 Å². The summed E-state index contributed by atoms with van der Waals surface area (Å²) in [5.74, 6) is 1.48. The van der Waals surface area contributed by atoms with Gasteiger partial charge in [-0.1, -0.05) is 48.5 Å². The molecule has 3 heterocycles. The van der Waals surface area contributed by atoms with Crippen LogP contribution in [-0.4, -0.2) is 26.5 Å². The van der Waals surface area contributed by atoms with E-state index in [-0.39, 0.29) is 0 Å². The summed E-state index contributed by atoms with van der Waals surface area (Å²) in [5, 5.41) is 23.5. The second kappa shape index (κ2) is 4.70. The normalized spacial score (nSPS) is 13.9. The molecule has 0 saturated heterocycles. The summed E-state index contributed by atoms with van der Waals surface area (Å²) < 4.78 is 1.71.